The normalized spacial score (nSPS) is 11.5. The van der Waals surface area contributed by atoms with Gasteiger partial charge in [0.25, 0.3) is 0 Å². The van der Waals surface area contributed by atoms with E-state index in [0.29, 0.717) is 0 Å². The molecule has 23 heavy (non-hydrogen) atoms. The number of nitrogens with zero attached hydrogens (tertiary/aromatic N) is 1. The summed E-state index contributed by atoms with van der Waals surface area (Å²) in [7, 11) is 0. The van der Waals surface area contributed by atoms with E-state index < -0.39 is 0 Å². The second kappa shape index (κ2) is 5.50. The molecule has 0 saturated carbocycles. The van der Waals surface area contributed by atoms with E-state index in [9.17, 15) is 5.11 Å². The maximum atomic E-state index is 9.56. The summed E-state index contributed by atoms with van der Waals surface area (Å²) in [4.78, 5) is 7.99. The molecule has 4 rings (SSSR count). The van der Waals surface area contributed by atoms with Gasteiger partial charge in [0, 0.05) is 17.1 Å². The monoisotopic (exact) mass is 302 g/mol. The average Bonchev–Trinajstić information content (AvgIpc) is 3.20. The summed E-state index contributed by atoms with van der Waals surface area (Å²) in [6.07, 6.45) is 3.38. The molecular weight excluding hydrogens is 288 g/mol. The van der Waals surface area contributed by atoms with E-state index in [1.807, 2.05) is 42.5 Å². The molecule has 0 amide bonds. The smallest absolute Gasteiger partial charge is 0.152 e. The largest absolute Gasteiger partial charge is 0.508 e. The molecule has 0 saturated heterocycles. The lowest BCUT2D eigenvalue weighted by atomic mass is 10.2. The summed E-state index contributed by atoms with van der Waals surface area (Å²) in [6, 6.07) is 18.7. The molecule has 2 aromatic heterocycles. The van der Waals surface area contributed by atoms with E-state index >= 15 is 0 Å². The molecule has 0 atom stereocenters. The van der Waals surface area contributed by atoms with E-state index in [2.05, 4.69) is 9.98 Å². The molecule has 0 unspecified atom stereocenters. The van der Waals surface area contributed by atoms with Crippen molar-refractivity contribution in [3.63, 3.8) is 0 Å². The van der Waals surface area contributed by atoms with E-state index in [1.165, 1.54) is 0 Å². The van der Waals surface area contributed by atoms with Crippen LogP contribution in [0.15, 0.2) is 76.3 Å². The lowest BCUT2D eigenvalue weighted by Gasteiger charge is -1.98. The first-order valence-electron chi connectivity index (χ1n) is 7.29. The van der Waals surface area contributed by atoms with Crippen LogP contribution in [0.2, 0.25) is 0 Å². The average molecular weight is 302 g/mol. The van der Waals surface area contributed by atoms with E-state index in [0.717, 1.165) is 33.6 Å². The molecule has 0 aliphatic rings. The number of rotatable bonds is 3. The minimum absolute atomic E-state index is 0.221. The molecule has 2 N–H and O–H groups in total. The van der Waals surface area contributed by atoms with Crippen molar-refractivity contribution in [1.82, 2.24) is 4.98 Å². The first kappa shape index (κ1) is 13.4. The molecule has 0 aliphatic carbocycles. The third-order valence-corrected chi connectivity index (χ3v) is 3.66. The fraction of sp³-hybridized carbons (Fsp3) is 0. The lowest BCUT2D eigenvalue weighted by molar-refractivity contribution is 0.475. The molecule has 4 aromatic rings. The maximum absolute atomic E-state index is 9.56. The Morgan fingerprint density at radius 3 is 2.74 bits per heavy atom. The van der Waals surface area contributed by atoms with Crippen molar-refractivity contribution in [2.75, 3.05) is 0 Å². The fourth-order valence-corrected chi connectivity index (χ4v) is 2.60. The number of furan rings is 1. The lowest BCUT2D eigenvalue weighted by Crippen LogP contribution is -1.80. The Morgan fingerprint density at radius 2 is 1.91 bits per heavy atom. The van der Waals surface area contributed by atoms with Gasteiger partial charge in [-0.05, 0) is 35.9 Å². The Kier molecular flexibility index (Phi) is 3.20. The SMILES string of the molecule is Oc1cccc(C=Nc2c(-c3ccco3)[nH]c3ccccc23)c1. The van der Waals surface area contributed by atoms with Gasteiger partial charge >= 0.3 is 0 Å². The van der Waals surface area contributed by atoms with E-state index in [1.54, 1.807) is 30.7 Å². The number of benzene rings is 2. The zero-order valence-corrected chi connectivity index (χ0v) is 12.2. The fourth-order valence-electron chi connectivity index (χ4n) is 2.60. The van der Waals surface area contributed by atoms with Crippen LogP contribution in [-0.4, -0.2) is 16.3 Å². The Labute approximate surface area is 132 Å². The van der Waals surface area contributed by atoms with Gasteiger partial charge < -0.3 is 14.5 Å². The number of aliphatic imine (C=N–C) groups is 1. The summed E-state index contributed by atoms with van der Waals surface area (Å²) in [5.74, 6) is 0.961. The molecule has 2 aromatic carbocycles. The van der Waals surface area contributed by atoms with Crippen LogP contribution in [0.25, 0.3) is 22.4 Å². The Morgan fingerprint density at radius 1 is 1.00 bits per heavy atom. The van der Waals surface area contributed by atoms with Crippen molar-refractivity contribution in [2.45, 2.75) is 0 Å². The number of para-hydroxylation sites is 1. The van der Waals surface area contributed by atoms with Gasteiger partial charge in [-0.2, -0.15) is 0 Å². The van der Waals surface area contributed by atoms with Crippen molar-refractivity contribution in [3.8, 4) is 17.2 Å². The minimum Gasteiger partial charge on any atom is -0.508 e. The molecule has 0 spiro atoms. The number of aromatic amines is 1. The van der Waals surface area contributed by atoms with Crippen molar-refractivity contribution in [3.05, 3.63) is 72.5 Å². The van der Waals surface area contributed by atoms with Crippen LogP contribution < -0.4 is 0 Å². The number of fused-ring (bicyclic) bond motifs is 1. The van der Waals surface area contributed by atoms with Gasteiger partial charge in [-0.25, -0.2) is 0 Å². The van der Waals surface area contributed by atoms with Crippen molar-refractivity contribution >= 4 is 22.8 Å². The molecule has 112 valence electrons. The number of aromatic hydroxyl groups is 1. The zero-order chi connectivity index (χ0) is 15.6. The quantitative estimate of drug-likeness (QED) is 0.530. The Hall–Kier alpha value is -3.27. The number of hydrogen-bond acceptors (Lipinski definition) is 3. The van der Waals surface area contributed by atoms with Crippen molar-refractivity contribution < 1.29 is 9.52 Å². The van der Waals surface area contributed by atoms with Gasteiger partial charge in [0.1, 0.15) is 11.4 Å². The number of hydrogen-bond donors (Lipinski definition) is 2. The third-order valence-electron chi connectivity index (χ3n) is 3.66. The van der Waals surface area contributed by atoms with Crippen molar-refractivity contribution in [2.24, 2.45) is 4.99 Å². The molecule has 0 aliphatic heterocycles. The highest BCUT2D eigenvalue weighted by Crippen LogP contribution is 2.37. The predicted octanol–water partition coefficient (Wildman–Crippen LogP) is 4.88. The predicted molar refractivity (Wildman–Crippen MR) is 91.4 cm³/mol. The first-order chi connectivity index (χ1) is 11.3. The molecule has 0 fully saturated rings. The van der Waals surface area contributed by atoms with E-state index in [-0.39, 0.29) is 5.75 Å². The van der Waals surface area contributed by atoms with Gasteiger partial charge in [0.2, 0.25) is 0 Å². The number of H-pyrrole nitrogens is 1. The number of nitrogens with one attached hydrogen (secondary N) is 1. The van der Waals surface area contributed by atoms with Crippen LogP contribution >= 0.6 is 0 Å². The molecule has 0 bridgehead atoms. The summed E-state index contributed by atoms with van der Waals surface area (Å²) in [5, 5.41) is 10.6. The standard InChI is InChI=1S/C19H14N2O2/c22-14-6-3-5-13(11-14)12-20-18-15-7-1-2-8-16(15)21-19(18)17-9-4-10-23-17/h1-12,21-22H. The number of aromatic nitrogens is 1. The summed E-state index contributed by atoms with van der Waals surface area (Å²) < 4.78 is 5.52. The van der Waals surface area contributed by atoms with Crippen LogP contribution in [0, 0.1) is 0 Å². The molecule has 4 nitrogen and oxygen atoms in total. The van der Waals surface area contributed by atoms with Crippen LogP contribution in [0.3, 0.4) is 0 Å². The minimum atomic E-state index is 0.221. The second-order valence-electron chi connectivity index (χ2n) is 5.22. The highest BCUT2D eigenvalue weighted by atomic mass is 16.3. The summed E-state index contributed by atoms with van der Waals surface area (Å²) >= 11 is 0. The van der Waals surface area contributed by atoms with E-state index in [4.69, 9.17) is 4.42 Å². The number of phenols is 1. The molecule has 4 heteroatoms. The van der Waals surface area contributed by atoms with Gasteiger partial charge in [-0.15, -0.1) is 0 Å². The number of phenolic OH excluding ortho intramolecular Hbond substituents is 1. The highest BCUT2D eigenvalue weighted by Gasteiger charge is 2.13. The van der Waals surface area contributed by atoms with Crippen LogP contribution in [-0.2, 0) is 0 Å². The Balaban J connectivity index is 1.86. The van der Waals surface area contributed by atoms with Crippen molar-refractivity contribution in [1.29, 1.82) is 0 Å². The van der Waals surface area contributed by atoms with Crippen LogP contribution in [0.5, 0.6) is 5.75 Å². The van der Waals surface area contributed by atoms with Crippen LogP contribution in [0.1, 0.15) is 5.56 Å². The maximum Gasteiger partial charge on any atom is 0.152 e. The zero-order valence-electron chi connectivity index (χ0n) is 12.2. The molecule has 2 heterocycles. The summed E-state index contributed by atoms with van der Waals surface area (Å²) in [5.41, 5.74) is 3.49. The van der Waals surface area contributed by atoms with Gasteiger partial charge in [0.05, 0.1) is 12.0 Å². The van der Waals surface area contributed by atoms with Gasteiger partial charge in [0.15, 0.2) is 5.76 Å². The van der Waals surface area contributed by atoms with Gasteiger partial charge in [-0.3, -0.25) is 4.99 Å². The molecular formula is C19H14N2O2. The second-order valence-corrected chi connectivity index (χ2v) is 5.22. The van der Waals surface area contributed by atoms with Gasteiger partial charge in [-0.1, -0.05) is 30.3 Å². The molecule has 0 radical (unpaired) electrons. The Bertz CT molecular complexity index is 982. The highest BCUT2D eigenvalue weighted by molar-refractivity contribution is 6.01. The summed E-state index contributed by atoms with van der Waals surface area (Å²) in [6.45, 7) is 0. The first-order valence-corrected chi connectivity index (χ1v) is 7.29. The third kappa shape index (κ3) is 2.51. The topological polar surface area (TPSA) is 61.5 Å². The van der Waals surface area contributed by atoms with Crippen LogP contribution in [0.4, 0.5) is 5.69 Å².